The van der Waals surface area contributed by atoms with E-state index in [4.69, 9.17) is 5.73 Å². The largest absolute Gasteiger partial charge is 0.366 e. The van der Waals surface area contributed by atoms with Crippen molar-refractivity contribution in [3.05, 3.63) is 60.2 Å². The minimum Gasteiger partial charge on any atom is -0.366 e. The van der Waals surface area contributed by atoms with Crippen molar-refractivity contribution < 1.29 is 13.2 Å². The number of hydrogen-bond acceptors (Lipinski definition) is 3. The van der Waals surface area contributed by atoms with Crippen LogP contribution in [0.25, 0.3) is 0 Å². The number of carbonyl (C=O) groups excluding carboxylic acids is 1. The van der Waals surface area contributed by atoms with E-state index in [9.17, 15) is 13.2 Å². The first-order chi connectivity index (χ1) is 9.43. The van der Waals surface area contributed by atoms with Gasteiger partial charge >= 0.3 is 0 Å². The highest BCUT2D eigenvalue weighted by Gasteiger charge is 2.21. The number of amides is 1. The predicted molar refractivity (Wildman–Crippen MR) is 77.0 cm³/mol. The average Bonchev–Trinajstić information content (AvgIpc) is 2.47. The fourth-order valence-corrected chi connectivity index (χ4v) is 2.99. The number of para-hydroxylation sites is 1. The zero-order chi connectivity index (χ0) is 14.8. The second-order valence-corrected chi connectivity index (χ2v) is 6.17. The molecule has 0 aliphatic carbocycles. The number of primary amides is 1. The molecule has 2 aromatic rings. The van der Waals surface area contributed by atoms with Gasteiger partial charge in [-0.05, 0) is 30.3 Å². The van der Waals surface area contributed by atoms with E-state index in [1.165, 1.54) is 31.3 Å². The number of sulfonamides is 1. The first kappa shape index (κ1) is 14.1. The van der Waals surface area contributed by atoms with E-state index < -0.39 is 15.9 Å². The van der Waals surface area contributed by atoms with Gasteiger partial charge in [-0.3, -0.25) is 9.10 Å². The molecule has 0 heterocycles. The summed E-state index contributed by atoms with van der Waals surface area (Å²) in [6.07, 6.45) is 0. The van der Waals surface area contributed by atoms with Crippen LogP contribution in [0.2, 0.25) is 0 Å². The minimum atomic E-state index is -3.72. The van der Waals surface area contributed by atoms with Crippen LogP contribution in [0.1, 0.15) is 10.4 Å². The highest BCUT2D eigenvalue weighted by atomic mass is 32.2. The van der Waals surface area contributed by atoms with E-state index >= 15 is 0 Å². The summed E-state index contributed by atoms with van der Waals surface area (Å²) in [4.78, 5) is 11.2. The summed E-state index contributed by atoms with van der Waals surface area (Å²) in [5.74, 6) is -0.663. The lowest BCUT2D eigenvalue weighted by Crippen LogP contribution is -2.26. The lowest BCUT2D eigenvalue weighted by Gasteiger charge is -2.19. The molecule has 0 aliphatic rings. The maximum Gasteiger partial charge on any atom is 0.264 e. The second-order valence-electron chi connectivity index (χ2n) is 4.20. The molecule has 0 fully saturated rings. The number of nitrogens with two attached hydrogens (primary N) is 1. The molecule has 0 saturated heterocycles. The van der Waals surface area contributed by atoms with Crippen molar-refractivity contribution in [1.29, 1.82) is 0 Å². The van der Waals surface area contributed by atoms with E-state index in [2.05, 4.69) is 0 Å². The Labute approximate surface area is 117 Å². The van der Waals surface area contributed by atoms with E-state index in [0.717, 1.165) is 4.31 Å². The van der Waals surface area contributed by atoms with Crippen molar-refractivity contribution in [3.8, 4) is 0 Å². The average molecular weight is 290 g/mol. The molecule has 0 unspecified atom stereocenters. The Morgan fingerprint density at radius 3 is 2.30 bits per heavy atom. The molecular formula is C14H14N2O3S. The monoisotopic (exact) mass is 290 g/mol. The number of anilines is 1. The van der Waals surface area contributed by atoms with Crippen molar-refractivity contribution in [1.82, 2.24) is 0 Å². The Hall–Kier alpha value is -2.34. The zero-order valence-electron chi connectivity index (χ0n) is 10.9. The maximum atomic E-state index is 12.5. The molecule has 0 aliphatic heterocycles. The normalized spacial score (nSPS) is 11.1. The summed E-state index contributed by atoms with van der Waals surface area (Å²) >= 11 is 0. The van der Waals surface area contributed by atoms with Crippen LogP contribution < -0.4 is 10.0 Å². The van der Waals surface area contributed by atoms with Gasteiger partial charge in [-0.25, -0.2) is 8.42 Å². The van der Waals surface area contributed by atoms with Gasteiger partial charge in [0.05, 0.1) is 10.6 Å². The van der Waals surface area contributed by atoms with Crippen molar-refractivity contribution in [2.75, 3.05) is 11.4 Å². The molecule has 0 spiro atoms. The number of benzene rings is 2. The fourth-order valence-electron chi connectivity index (χ4n) is 1.74. The van der Waals surface area contributed by atoms with Crippen LogP contribution in [0.5, 0.6) is 0 Å². The van der Waals surface area contributed by atoms with Gasteiger partial charge in [-0.2, -0.15) is 0 Å². The Kier molecular flexibility index (Phi) is 3.76. The van der Waals surface area contributed by atoms with Gasteiger partial charge in [0.2, 0.25) is 5.91 Å². The number of rotatable bonds is 4. The van der Waals surface area contributed by atoms with Crippen molar-refractivity contribution in [2.45, 2.75) is 4.90 Å². The maximum absolute atomic E-state index is 12.5. The third-order valence-corrected chi connectivity index (χ3v) is 4.68. The molecule has 5 nitrogen and oxygen atoms in total. The standard InChI is InChI=1S/C14H14N2O3S/c1-16(12-7-3-2-4-8-12)20(18,19)13-9-5-6-11(10-13)14(15)17/h2-10H,1H3,(H2,15,17). The minimum absolute atomic E-state index is 0.0279. The molecule has 2 aromatic carbocycles. The van der Waals surface area contributed by atoms with Crippen molar-refractivity contribution in [3.63, 3.8) is 0 Å². The summed E-state index contributed by atoms with van der Waals surface area (Å²) in [6, 6.07) is 14.4. The lowest BCUT2D eigenvalue weighted by molar-refractivity contribution is 0.1000. The molecule has 104 valence electrons. The molecular weight excluding hydrogens is 276 g/mol. The highest BCUT2D eigenvalue weighted by Crippen LogP contribution is 2.22. The SMILES string of the molecule is CN(c1ccccc1)S(=O)(=O)c1cccc(C(N)=O)c1. The van der Waals surface area contributed by atoms with Crippen LogP contribution in [0.4, 0.5) is 5.69 Å². The third-order valence-electron chi connectivity index (χ3n) is 2.90. The molecule has 0 radical (unpaired) electrons. The quantitative estimate of drug-likeness (QED) is 0.929. The molecule has 0 atom stereocenters. The van der Waals surface area contributed by atoms with Crippen LogP contribution in [0.3, 0.4) is 0 Å². The number of carbonyl (C=O) groups is 1. The molecule has 20 heavy (non-hydrogen) atoms. The fraction of sp³-hybridized carbons (Fsp3) is 0.0714. The Morgan fingerprint density at radius 2 is 1.70 bits per heavy atom. The summed E-state index contributed by atoms with van der Waals surface area (Å²) in [5.41, 5.74) is 5.86. The van der Waals surface area contributed by atoms with Crippen LogP contribution in [0, 0.1) is 0 Å². The van der Waals surface area contributed by atoms with E-state index in [1.807, 2.05) is 0 Å². The van der Waals surface area contributed by atoms with Crippen LogP contribution in [-0.2, 0) is 10.0 Å². The van der Waals surface area contributed by atoms with Gasteiger partial charge in [-0.1, -0.05) is 24.3 Å². The molecule has 0 aromatic heterocycles. The molecule has 6 heteroatoms. The predicted octanol–water partition coefficient (Wildman–Crippen LogP) is 1.61. The van der Waals surface area contributed by atoms with E-state index in [0.29, 0.717) is 5.69 Å². The second kappa shape index (κ2) is 5.34. The smallest absolute Gasteiger partial charge is 0.264 e. The van der Waals surface area contributed by atoms with E-state index in [-0.39, 0.29) is 10.5 Å². The summed E-state index contributed by atoms with van der Waals surface area (Å²) in [5, 5.41) is 0. The number of nitrogens with zero attached hydrogens (tertiary/aromatic N) is 1. The Morgan fingerprint density at radius 1 is 1.05 bits per heavy atom. The third kappa shape index (κ3) is 2.65. The van der Waals surface area contributed by atoms with Gasteiger partial charge in [0.25, 0.3) is 10.0 Å². The Bertz CT molecular complexity index is 727. The van der Waals surface area contributed by atoms with E-state index in [1.54, 1.807) is 30.3 Å². The first-order valence-electron chi connectivity index (χ1n) is 5.87. The van der Waals surface area contributed by atoms with Gasteiger partial charge in [-0.15, -0.1) is 0 Å². The van der Waals surface area contributed by atoms with Crippen LogP contribution in [0.15, 0.2) is 59.5 Å². The lowest BCUT2D eigenvalue weighted by atomic mass is 10.2. The molecule has 2 N–H and O–H groups in total. The van der Waals surface area contributed by atoms with Gasteiger partial charge in [0.1, 0.15) is 0 Å². The topological polar surface area (TPSA) is 80.5 Å². The van der Waals surface area contributed by atoms with Crippen molar-refractivity contribution in [2.24, 2.45) is 5.73 Å². The summed E-state index contributed by atoms with van der Waals surface area (Å²) < 4.78 is 26.1. The summed E-state index contributed by atoms with van der Waals surface area (Å²) in [6.45, 7) is 0. The van der Waals surface area contributed by atoms with Crippen LogP contribution >= 0.6 is 0 Å². The van der Waals surface area contributed by atoms with Gasteiger partial charge < -0.3 is 5.73 Å². The zero-order valence-corrected chi connectivity index (χ0v) is 11.7. The highest BCUT2D eigenvalue weighted by molar-refractivity contribution is 7.92. The molecule has 2 rings (SSSR count). The molecule has 1 amide bonds. The van der Waals surface area contributed by atoms with Gasteiger partial charge in [0.15, 0.2) is 0 Å². The molecule has 0 bridgehead atoms. The first-order valence-corrected chi connectivity index (χ1v) is 7.31. The van der Waals surface area contributed by atoms with Gasteiger partial charge in [0, 0.05) is 12.6 Å². The van der Waals surface area contributed by atoms with Crippen molar-refractivity contribution >= 4 is 21.6 Å². The Balaban J connectivity index is 2.45. The summed E-state index contributed by atoms with van der Waals surface area (Å²) in [7, 11) is -2.26. The number of hydrogen-bond donors (Lipinski definition) is 1. The molecule has 0 saturated carbocycles. The van der Waals surface area contributed by atoms with Crippen LogP contribution in [-0.4, -0.2) is 21.4 Å².